The lowest BCUT2D eigenvalue weighted by Crippen LogP contribution is -2.84. The molecule has 1 atom stereocenters. The fraction of sp³-hybridized carbons (Fsp3) is 0.538. The molecule has 0 aromatic heterocycles. The lowest BCUT2D eigenvalue weighted by atomic mass is 9.68. The Kier molecular flexibility index (Phi) is 4.13. The van der Waals surface area contributed by atoms with Crippen LogP contribution in [-0.2, 0) is 0 Å². The number of halogens is 12. The Hall–Kier alpha value is -1.66. The first-order valence-electron chi connectivity index (χ1n) is 6.42. The molecule has 1 saturated carbocycles. The van der Waals surface area contributed by atoms with Gasteiger partial charge in [0.2, 0.25) is 0 Å². The predicted octanol–water partition coefficient (Wildman–Crippen LogP) is 4.76. The zero-order chi connectivity index (χ0) is 20.6. The topological polar surface area (TPSA) is 20.2 Å². The van der Waals surface area contributed by atoms with Gasteiger partial charge < -0.3 is 5.11 Å². The van der Waals surface area contributed by atoms with E-state index in [1.165, 1.54) is 0 Å². The van der Waals surface area contributed by atoms with E-state index in [1.807, 2.05) is 0 Å². The van der Waals surface area contributed by atoms with E-state index >= 15 is 0 Å². The molecule has 1 unspecified atom stereocenters. The van der Waals surface area contributed by atoms with Crippen LogP contribution in [0.3, 0.4) is 0 Å². The van der Waals surface area contributed by atoms with Crippen molar-refractivity contribution in [1.82, 2.24) is 0 Å². The van der Waals surface area contributed by atoms with Crippen molar-refractivity contribution in [3.8, 4) is 0 Å². The highest BCUT2D eigenvalue weighted by atomic mass is 19.4. The van der Waals surface area contributed by atoms with Gasteiger partial charge in [-0.1, -0.05) is 12.1 Å². The van der Waals surface area contributed by atoms with Crippen LogP contribution in [0.2, 0.25) is 0 Å². The smallest absolute Gasteiger partial charge is 0.384 e. The summed E-state index contributed by atoms with van der Waals surface area (Å²) in [5, 5.41) is 9.42. The summed E-state index contributed by atoms with van der Waals surface area (Å²) < 4.78 is 162. The zero-order valence-electron chi connectivity index (χ0n) is 11.9. The molecule has 0 bridgehead atoms. The van der Waals surface area contributed by atoms with Crippen molar-refractivity contribution in [1.29, 1.82) is 0 Å². The van der Waals surface area contributed by atoms with Gasteiger partial charge in [0.25, 0.3) is 5.67 Å². The summed E-state index contributed by atoms with van der Waals surface area (Å²) in [6, 6.07) is 1.21. The molecule has 0 heterocycles. The number of hydrogen-bond acceptors (Lipinski definition) is 1. The first-order chi connectivity index (χ1) is 11.4. The van der Waals surface area contributed by atoms with Gasteiger partial charge >= 0.3 is 29.6 Å². The van der Waals surface area contributed by atoms with E-state index < -0.39 is 52.8 Å². The normalized spacial score (nSPS) is 28.3. The van der Waals surface area contributed by atoms with E-state index in [0.717, 1.165) is 0 Å². The van der Waals surface area contributed by atoms with Crippen LogP contribution < -0.4 is 0 Å². The molecule has 0 radical (unpaired) electrons. The Morgan fingerprint density at radius 1 is 0.654 bits per heavy atom. The SMILES string of the molecule is OC(c1cccc(F)c1)C1(F)C(F)(F)C(F)(F)C(F)(F)C(F)(F)C1(F)F. The van der Waals surface area contributed by atoms with Crippen LogP contribution in [-0.4, -0.2) is 40.4 Å². The molecule has 2 rings (SSSR count). The maximum absolute atomic E-state index is 14.5. The lowest BCUT2D eigenvalue weighted by Gasteiger charge is -2.53. The molecule has 0 spiro atoms. The monoisotopic (exact) mass is 406 g/mol. The second kappa shape index (κ2) is 5.20. The van der Waals surface area contributed by atoms with Crippen molar-refractivity contribution < 1.29 is 57.8 Å². The van der Waals surface area contributed by atoms with Crippen molar-refractivity contribution in [2.24, 2.45) is 0 Å². The van der Waals surface area contributed by atoms with Crippen molar-refractivity contribution in [2.45, 2.75) is 41.4 Å². The second-order valence-electron chi connectivity index (χ2n) is 5.54. The van der Waals surface area contributed by atoms with Crippen molar-refractivity contribution >= 4 is 0 Å². The van der Waals surface area contributed by atoms with Crippen molar-refractivity contribution in [2.75, 3.05) is 0 Å². The van der Waals surface area contributed by atoms with Crippen LogP contribution in [0.1, 0.15) is 11.7 Å². The number of aliphatic hydroxyl groups excluding tert-OH is 1. The first-order valence-corrected chi connectivity index (χ1v) is 6.42. The molecule has 13 heteroatoms. The first kappa shape index (κ1) is 20.6. The van der Waals surface area contributed by atoms with E-state index in [0.29, 0.717) is 12.1 Å². The van der Waals surface area contributed by atoms with Crippen LogP contribution in [0.4, 0.5) is 52.7 Å². The van der Waals surface area contributed by atoms with E-state index in [4.69, 9.17) is 0 Å². The van der Waals surface area contributed by atoms with Gasteiger partial charge in [-0.25, -0.2) is 8.78 Å². The summed E-state index contributed by atoms with van der Waals surface area (Å²) in [4.78, 5) is 0. The number of rotatable bonds is 2. The number of benzene rings is 1. The minimum absolute atomic E-state index is 0.0960. The Bertz CT molecular complexity index is 683. The zero-order valence-corrected chi connectivity index (χ0v) is 11.9. The molecule has 0 aliphatic heterocycles. The van der Waals surface area contributed by atoms with Crippen LogP contribution in [0.15, 0.2) is 24.3 Å². The van der Waals surface area contributed by atoms with Crippen LogP contribution in [0.5, 0.6) is 0 Å². The summed E-state index contributed by atoms with van der Waals surface area (Å²) in [5.41, 5.74) is -8.19. The van der Waals surface area contributed by atoms with Gasteiger partial charge in [0, 0.05) is 0 Å². The summed E-state index contributed by atoms with van der Waals surface area (Å²) in [7, 11) is 0. The van der Waals surface area contributed by atoms with Crippen LogP contribution in [0, 0.1) is 5.82 Å². The van der Waals surface area contributed by atoms with E-state index in [-0.39, 0.29) is 12.1 Å². The largest absolute Gasteiger partial charge is 0.385 e. The van der Waals surface area contributed by atoms with Crippen LogP contribution in [0.25, 0.3) is 0 Å². The van der Waals surface area contributed by atoms with E-state index in [9.17, 15) is 57.8 Å². The molecule has 1 aromatic carbocycles. The fourth-order valence-electron chi connectivity index (χ4n) is 2.50. The molecule has 1 aliphatic carbocycles. The summed E-state index contributed by atoms with van der Waals surface area (Å²) in [6.07, 6.45) is -4.21. The molecular formula is C13H6F12O. The molecule has 26 heavy (non-hydrogen) atoms. The third kappa shape index (κ3) is 1.94. The van der Waals surface area contributed by atoms with Crippen molar-refractivity contribution in [3.63, 3.8) is 0 Å². The molecule has 148 valence electrons. The minimum atomic E-state index is -7.37. The fourth-order valence-corrected chi connectivity index (χ4v) is 2.50. The Morgan fingerprint density at radius 2 is 1.04 bits per heavy atom. The standard InChI is InChI=1S/C13H6F12O/c14-6-3-1-2-5(4-6)7(26)8(15)9(16,17)11(20,21)13(24,25)12(22,23)10(8,18)19/h1-4,7,26H. The van der Waals surface area contributed by atoms with Gasteiger partial charge in [-0.15, -0.1) is 0 Å². The molecule has 1 N–H and O–H groups in total. The molecule has 0 amide bonds. The second-order valence-corrected chi connectivity index (χ2v) is 5.54. The maximum Gasteiger partial charge on any atom is 0.384 e. The van der Waals surface area contributed by atoms with Gasteiger partial charge in [0.15, 0.2) is 0 Å². The van der Waals surface area contributed by atoms with Crippen LogP contribution >= 0.6 is 0 Å². The van der Waals surface area contributed by atoms with Gasteiger partial charge in [-0.05, 0) is 17.7 Å². The third-order valence-corrected chi connectivity index (χ3v) is 4.03. The van der Waals surface area contributed by atoms with Gasteiger partial charge in [0.05, 0.1) is 0 Å². The molecule has 1 aromatic rings. The number of aliphatic hydroxyl groups is 1. The molecule has 1 nitrogen and oxygen atoms in total. The van der Waals surface area contributed by atoms with Gasteiger partial charge in [-0.3, -0.25) is 0 Å². The highest BCUT2D eigenvalue weighted by Gasteiger charge is 3.02. The quantitative estimate of drug-likeness (QED) is 0.703. The lowest BCUT2D eigenvalue weighted by molar-refractivity contribution is -0.494. The van der Waals surface area contributed by atoms with E-state index in [2.05, 4.69) is 0 Å². The average molecular weight is 406 g/mol. The maximum atomic E-state index is 14.5. The number of alkyl halides is 11. The van der Waals surface area contributed by atoms with Gasteiger partial charge in [0.1, 0.15) is 11.9 Å². The predicted molar refractivity (Wildman–Crippen MR) is 59.9 cm³/mol. The highest BCUT2D eigenvalue weighted by Crippen LogP contribution is 2.71. The third-order valence-electron chi connectivity index (χ3n) is 4.03. The van der Waals surface area contributed by atoms with E-state index in [1.54, 1.807) is 0 Å². The molecule has 0 saturated heterocycles. The average Bonchev–Trinajstić information content (AvgIpc) is 2.51. The highest BCUT2D eigenvalue weighted by molar-refractivity contribution is 5.33. The molecule has 1 fully saturated rings. The summed E-state index contributed by atoms with van der Waals surface area (Å²) in [6.45, 7) is 0. The summed E-state index contributed by atoms with van der Waals surface area (Å²) in [5.74, 6) is -37.9. The Morgan fingerprint density at radius 3 is 1.42 bits per heavy atom. The molecular weight excluding hydrogens is 400 g/mol. The number of hydrogen-bond donors (Lipinski definition) is 1. The van der Waals surface area contributed by atoms with Gasteiger partial charge in [-0.2, -0.15) is 43.9 Å². The minimum Gasteiger partial charge on any atom is -0.385 e. The van der Waals surface area contributed by atoms with Crippen molar-refractivity contribution in [3.05, 3.63) is 35.6 Å². The Labute approximate surface area is 136 Å². The molecule has 1 aliphatic rings. The summed E-state index contributed by atoms with van der Waals surface area (Å²) >= 11 is 0. The Balaban J connectivity index is 2.83.